The number of hydrogen-bond acceptors (Lipinski definition) is 4. The highest BCUT2D eigenvalue weighted by Crippen LogP contribution is 2.19. The predicted octanol–water partition coefficient (Wildman–Crippen LogP) is 3.14. The smallest absolute Gasteiger partial charge is 0.183 e. The summed E-state index contributed by atoms with van der Waals surface area (Å²) in [7, 11) is 0. The van der Waals surface area contributed by atoms with E-state index < -0.39 is 0 Å². The number of rotatable bonds is 4. The normalized spacial score (nSPS) is 11.2. The Morgan fingerprint density at radius 1 is 1.44 bits per heavy atom. The third-order valence-electron chi connectivity index (χ3n) is 2.01. The average Bonchev–Trinajstić information content (AvgIpc) is 2.37. The second kappa shape index (κ2) is 7.62. The summed E-state index contributed by atoms with van der Waals surface area (Å²) in [5.41, 5.74) is 0.791. The second-order valence-electron chi connectivity index (χ2n) is 4.06. The van der Waals surface area contributed by atoms with Crippen LogP contribution in [-0.4, -0.2) is 18.0 Å². The molecule has 0 heterocycles. The molecule has 0 amide bonds. The van der Waals surface area contributed by atoms with Gasteiger partial charge in [0.25, 0.3) is 0 Å². The van der Waals surface area contributed by atoms with Crippen molar-refractivity contribution in [2.45, 2.75) is 13.8 Å². The van der Waals surface area contributed by atoms with Gasteiger partial charge in [0.05, 0.1) is 12.3 Å². The molecular weight excluding hydrogens is 246 g/mol. The van der Waals surface area contributed by atoms with Gasteiger partial charge in [0.1, 0.15) is 5.75 Å². The molecule has 18 heavy (non-hydrogen) atoms. The van der Waals surface area contributed by atoms with E-state index in [9.17, 15) is 0 Å². The standard InChI is InChI=1S/C13H17N3OS/c1-10(2)8-17-12-6-4-11(5-7-12)16-13(18-3)15-9-14/h4-7,10H,8H2,1-3H3,(H,15,16). The number of hydrogen-bond donors (Lipinski definition) is 1. The zero-order chi connectivity index (χ0) is 13.4. The maximum absolute atomic E-state index is 8.54. The van der Waals surface area contributed by atoms with E-state index in [0.717, 1.165) is 11.4 Å². The van der Waals surface area contributed by atoms with Crippen molar-refractivity contribution in [2.75, 3.05) is 12.9 Å². The van der Waals surface area contributed by atoms with Crippen LogP contribution in [0, 0.1) is 17.4 Å². The quantitative estimate of drug-likeness (QED) is 0.392. The Kier molecular flexibility index (Phi) is 6.09. The topological polar surface area (TPSA) is 57.4 Å². The molecule has 0 saturated carbocycles. The van der Waals surface area contributed by atoms with Crippen LogP contribution in [0.25, 0.3) is 0 Å². The Hall–Kier alpha value is -1.67. The van der Waals surface area contributed by atoms with Gasteiger partial charge in [-0.2, -0.15) is 5.26 Å². The van der Waals surface area contributed by atoms with E-state index in [4.69, 9.17) is 10.00 Å². The lowest BCUT2D eigenvalue weighted by molar-refractivity contribution is 0.271. The Morgan fingerprint density at radius 2 is 2.11 bits per heavy atom. The molecule has 0 spiro atoms. The van der Waals surface area contributed by atoms with E-state index in [-0.39, 0.29) is 0 Å². The van der Waals surface area contributed by atoms with E-state index in [1.54, 1.807) is 0 Å². The monoisotopic (exact) mass is 263 g/mol. The molecule has 0 saturated heterocycles. The number of thioether (sulfide) groups is 1. The minimum Gasteiger partial charge on any atom is -0.493 e. The van der Waals surface area contributed by atoms with Crippen LogP contribution in [0.2, 0.25) is 0 Å². The molecule has 0 aliphatic heterocycles. The van der Waals surface area contributed by atoms with Crippen LogP contribution in [0.4, 0.5) is 5.69 Å². The number of nitrogens with one attached hydrogen (secondary N) is 1. The molecule has 1 N–H and O–H groups in total. The SMILES string of the molecule is CSC(=Nc1ccc(OCC(C)C)cc1)NC#N. The van der Waals surface area contributed by atoms with Crippen LogP contribution >= 0.6 is 11.8 Å². The molecule has 0 aromatic heterocycles. The average molecular weight is 263 g/mol. The van der Waals surface area contributed by atoms with Gasteiger partial charge in [-0.1, -0.05) is 25.6 Å². The lowest BCUT2D eigenvalue weighted by atomic mass is 10.2. The second-order valence-corrected chi connectivity index (χ2v) is 4.85. The summed E-state index contributed by atoms with van der Waals surface area (Å²) in [4.78, 5) is 4.29. The number of amidine groups is 1. The maximum atomic E-state index is 8.54. The molecule has 96 valence electrons. The number of ether oxygens (including phenoxy) is 1. The van der Waals surface area contributed by atoms with Gasteiger partial charge in [-0.3, -0.25) is 5.32 Å². The fourth-order valence-electron chi connectivity index (χ4n) is 1.17. The Morgan fingerprint density at radius 3 is 2.61 bits per heavy atom. The van der Waals surface area contributed by atoms with Crippen LogP contribution in [-0.2, 0) is 0 Å². The minimum absolute atomic E-state index is 0.505. The third kappa shape index (κ3) is 5.11. The lowest BCUT2D eigenvalue weighted by Crippen LogP contribution is -2.12. The van der Waals surface area contributed by atoms with Gasteiger partial charge in [-0.05, 0) is 36.4 Å². The van der Waals surface area contributed by atoms with E-state index in [0.29, 0.717) is 17.7 Å². The molecule has 4 nitrogen and oxygen atoms in total. The van der Waals surface area contributed by atoms with Crippen molar-refractivity contribution < 1.29 is 4.74 Å². The Labute approximate surface area is 112 Å². The predicted molar refractivity (Wildman–Crippen MR) is 76.1 cm³/mol. The highest BCUT2D eigenvalue weighted by molar-refractivity contribution is 8.13. The van der Waals surface area contributed by atoms with Gasteiger partial charge in [-0.25, -0.2) is 4.99 Å². The molecule has 5 heteroatoms. The van der Waals surface area contributed by atoms with Crippen molar-refractivity contribution in [3.63, 3.8) is 0 Å². The van der Waals surface area contributed by atoms with E-state index in [1.807, 2.05) is 36.7 Å². The summed E-state index contributed by atoms with van der Waals surface area (Å²) >= 11 is 1.39. The molecule has 1 rings (SSSR count). The number of nitrogens with zero attached hydrogens (tertiary/aromatic N) is 2. The third-order valence-corrected chi connectivity index (χ3v) is 2.59. The molecule has 0 aliphatic rings. The van der Waals surface area contributed by atoms with Crippen LogP contribution in [0.15, 0.2) is 29.3 Å². The van der Waals surface area contributed by atoms with Crippen LogP contribution in [0.3, 0.4) is 0 Å². The molecule has 0 radical (unpaired) electrons. The van der Waals surface area contributed by atoms with Gasteiger partial charge in [0.2, 0.25) is 0 Å². The van der Waals surface area contributed by atoms with E-state index >= 15 is 0 Å². The molecule has 0 fully saturated rings. The highest BCUT2D eigenvalue weighted by atomic mass is 32.2. The summed E-state index contributed by atoms with van der Waals surface area (Å²) < 4.78 is 5.58. The summed E-state index contributed by atoms with van der Waals surface area (Å²) in [6.45, 7) is 4.92. The molecule has 1 aromatic carbocycles. The summed E-state index contributed by atoms with van der Waals surface area (Å²) in [5, 5.41) is 11.6. The molecular formula is C13H17N3OS. The molecule has 0 atom stereocenters. The lowest BCUT2D eigenvalue weighted by Gasteiger charge is -2.08. The van der Waals surface area contributed by atoms with Crippen molar-refractivity contribution in [3.8, 4) is 11.9 Å². The van der Waals surface area contributed by atoms with Crippen molar-refractivity contribution in [3.05, 3.63) is 24.3 Å². The first-order valence-corrected chi connectivity index (χ1v) is 6.89. The maximum Gasteiger partial charge on any atom is 0.183 e. The van der Waals surface area contributed by atoms with Gasteiger partial charge < -0.3 is 4.74 Å². The Balaban J connectivity index is 2.67. The first-order chi connectivity index (χ1) is 8.65. The van der Waals surface area contributed by atoms with Crippen molar-refractivity contribution >= 4 is 22.6 Å². The van der Waals surface area contributed by atoms with Crippen molar-refractivity contribution in [1.82, 2.24) is 5.32 Å². The summed E-state index contributed by atoms with van der Waals surface area (Å²) in [6.07, 6.45) is 3.72. The van der Waals surface area contributed by atoms with Crippen LogP contribution in [0.1, 0.15) is 13.8 Å². The largest absolute Gasteiger partial charge is 0.493 e. The van der Waals surface area contributed by atoms with E-state index in [1.165, 1.54) is 11.8 Å². The van der Waals surface area contributed by atoms with E-state index in [2.05, 4.69) is 24.2 Å². The molecule has 0 bridgehead atoms. The molecule has 0 unspecified atom stereocenters. The first-order valence-electron chi connectivity index (χ1n) is 5.66. The summed E-state index contributed by atoms with van der Waals surface area (Å²) in [5.74, 6) is 1.34. The van der Waals surface area contributed by atoms with Gasteiger partial charge >= 0.3 is 0 Å². The highest BCUT2D eigenvalue weighted by Gasteiger charge is 1.99. The zero-order valence-corrected chi connectivity index (χ0v) is 11.6. The molecule has 1 aromatic rings. The fourth-order valence-corrected chi connectivity index (χ4v) is 1.51. The number of aliphatic imine (C=N–C) groups is 1. The number of nitriles is 1. The first kappa shape index (κ1) is 14.4. The van der Waals surface area contributed by atoms with Gasteiger partial charge in [-0.15, -0.1) is 0 Å². The van der Waals surface area contributed by atoms with Gasteiger partial charge in [0.15, 0.2) is 11.4 Å². The molecule has 0 aliphatic carbocycles. The zero-order valence-electron chi connectivity index (χ0n) is 10.8. The van der Waals surface area contributed by atoms with Gasteiger partial charge in [0, 0.05) is 0 Å². The van der Waals surface area contributed by atoms with Crippen LogP contribution < -0.4 is 10.1 Å². The van der Waals surface area contributed by atoms with Crippen molar-refractivity contribution in [1.29, 1.82) is 5.26 Å². The van der Waals surface area contributed by atoms with Crippen LogP contribution in [0.5, 0.6) is 5.75 Å². The fraction of sp³-hybridized carbons (Fsp3) is 0.385. The number of benzene rings is 1. The summed E-state index contributed by atoms with van der Waals surface area (Å²) in [6, 6.07) is 7.49. The Bertz CT molecular complexity index is 435. The minimum atomic E-state index is 0.505. The van der Waals surface area contributed by atoms with Crippen molar-refractivity contribution in [2.24, 2.45) is 10.9 Å².